The zero-order chi connectivity index (χ0) is 22.6. The normalized spacial score (nSPS) is 13.9. The third kappa shape index (κ3) is 4.73. The zero-order valence-corrected chi connectivity index (χ0v) is 19.6. The van der Waals surface area contributed by atoms with E-state index in [2.05, 4.69) is 61.1 Å². The quantitative estimate of drug-likeness (QED) is 0.358. The summed E-state index contributed by atoms with van der Waals surface area (Å²) >= 11 is 1.55. The van der Waals surface area contributed by atoms with Crippen molar-refractivity contribution >= 4 is 17.7 Å². The highest BCUT2D eigenvalue weighted by atomic mass is 32.2. The Morgan fingerprint density at radius 2 is 1.67 bits per heavy atom. The number of hydrogen-bond donors (Lipinski definition) is 0. The van der Waals surface area contributed by atoms with Gasteiger partial charge in [-0.25, -0.2) is 0 Å². The van der Waals surface area contributed by atoms with Gasteiger partial charge >= 0.3 is 0 Å². The van der Waals surface area contributed by atoms with E-state index >= 15 is 0 Å². The summed E-state index contributed by atoms with van der Waals surface area (Å²) in [5.74, 6) is 3.22. The van der Waals surface area contributed by atoms with Crippen molar-refractivity contribution in [2.45, 2.75) is 37.1 Å². The molecule has 0 aliphatic carbocycles. The molecule has 0 spiro atoms. The highest BCUT2D eigenvalue weighted by Crippen LogP contribution is 2.31. The smallest absolute Gasteiger partial charge is 0.247 e. The third-order valence-corrected chi connectivity index (χ3v) is 6.59. The van der Waals surface area contributed by atoms with E-state index in [0.29, 0.717) is 17.5 Å². The second-order valence-corrected chi connectivity index (χ2v) is 8.96. The maximum atomic E-state index is 5.90. The zero-order valence-electron chi connectivity index (χ0n) is 18.8. The number of methoxy groups -OCH3 is 1. The summed E-state index contributed by atoms with van der Waals surface area (Å²) in [6.07, 6.45) is 3.63. The summed E-state index contributed by atoms with van der Waals surface area (Å²) in [4.78, 5) is 2.33. The number of nitrogens with zero attached hydrogens (tertiary/aromatic N) is 6. The summed E-state index contributed by atoms with van der Waals surface area (Å²) < 4.78 is 13.2. The molecule has 1 saturated heterocycles. The van der Waals surface area contributed by atoms with Gasteiger partial charge < -0.3 is 14.1 Å². The standard InChI is InChI=1S/C24H26N6O2S/c1-17-6-10-19(11-7-17)30-23(29-14-4-3-5-15-29)27-28-24(30)33-16-21-25-26-22(32-21)18-8-12-20(31-2)13-9-18/h6-13H,3-5,14-16H2,1-2H3. The van der Waals surface area contributed by atoms with Gasteiger partial charge in [-0.3, -0.25) is 4.57 Å². The molecule has 2 aromatic carbocycles. The van der Waals surface area contributed by atoms with Crippen molar-refractivity contribution in [3.8, 4) is 22.9 Å². The van der Waals surface area contributed by atoms with E-state index in [-0.39, 0.29) is 0 Å². The van der Waals surface area contributed by atoms with Crippen LogP contribution in [-0.2, 0) is 5.75 Å². The summed E-state index contributed by atoms with van der Waals surface area (Å²) in [5.41, 5.74) is 3.13. The highest BCUT2D eigenvalue weighted by molar-refractivity contribution is 7.98. The molecule has 33 heavy (non-hydrogen) atoms. The van der Waals surface area contributed by atoms with Gasteiger partial charge in [0.25, 0.3) is 0 Å². The number of ether oxygens (including phenoxy) is 1. The van der Waals surface area contributed by atoms with Gasteiger partial charge in [0, 0.05) is 18.7 Å². The fourth-order valence-corrected chi connectivity index (χ4v) is 4.65. The number of aryl methyl sites for hydroxylation is 1. The lowest BCUT2D eigenvalue weighted by molar-refractivity contribution is 0.415. The Hall–Kier alpha value is -3.33. The number of piperidine rings is 1. The highest BCUT2D eigenvalue weighted by Gasteiger charge is 2.22. The lowest BCUT2D eigenvalue weighted by Crippen LogP contribution is -2.31. The first-order valence-electron chi connectivity index (χ1n) is 11.1. The van der Waals surface area contributed by atoms with Crippen LogP contribution >= 0.6 is 11.8 Å². The predicted molar refractivity (Wildman–Crippen MR) is 128 cm³/mol. The molecule has 0 atom stereocenters. The molecule has 0 N–H and O–H groups in total. The van der Waals surface area contributed by atoms with Crippen molar-refractivity contribution in [1.29, 1.82) is 0 Å². The van der Waals surface area contributed by atoms with Gasteiger partial charge in [0.2, 0.25) is 17.7 Å². The van der Waals surface area contributed by atoms with E-state index in [0.717, 1.165) is 41.2 Å². The van der Waals surface area contributed by atoms with Crippen molar-refractivity contribution in [3.63, 3.8) is 0 Å². The largest absolute Gasteiger partial charge is 0.497 e. The molecule has 8 nitrogen and oxygen atoms in total. The van der Waals surface area contributed by atoms with Gasteiger partial charge in [0.15, 0.2) is 5.16 Å². The molecule has 0 saturated carbocycles. The molecule has 9 heteroatoms. The van der Waals surface area contributed by atoms with Gasteiger partial charge in [-0.2, -0.15) is 0 Å². The van der Waals surface area contributed by atoms with Crippen molar-refractivity contribution in [2.75, 3.05) is 25.1 Å². The Balaban J connectivity index is 1.37. The van der Waals surface area contributed by atoms with Gasteiger partial charge in [0.05, 0.1) is 18.6 Å². The molecule has 0 bridgehead atoms. The fourth-order valence-electron chi connectivity index (χ4n) is 3.86. The van der Waals surface area contributed by atoms with Crippen LogP contribution in [0.5, 0.6) is 5.75 Å². The second-order valence-electron chi connectivity index (χ2n) is 8.02. The minimum Gasteiger partial charge on any atom is -0.497 e. The minimum absolute atomic E-state index is 0.488. The van der Waals surface area contributed by atoms with Gasteiger partial charge in [-0.05, 0) is 62.6 Å². The lowest BCUT2D eigenvalue weighted by Gasteiger charge is -2.27. The molecule has 3 heterocycles. The average Bonchev–Trinajstić information content (AvgIpc) is 3.51. The van der Waals surface area contributed by atoms with Crippen LogP contribution < -0.4 is 9.64 Å². The van der Waals surface area contributed by atoms with E-state index in [1.165, 1.54) is 24.8 Å². The monoisotopic (exact) mass is 462 g/mol. The van der Waals surface area contributed by atoms with E-state index in [1.54, 1.807) is 18.9 Å². The first-order chi connectivity index (χ1) is 16.2. The topological polar surface area (TPSA) is 82.1 Å². The van der Waals surface area contributed by atoms with E-state index in [9.17, 15) is 0 Å². The molecule has 1 aliphatic rings. The summed E-state index contributed by atoms with van der Waals surface area (Å²) in [6.45, 7) is 4.10. The second kappa shape index (κ2) is 9.66. The Morgan fingerprint density at radius 1 is 0.909 bits per heavy atom. The maximum Gasteiger partial charge on any atom is 0.247 e. The van der Waals surface area contributed by atoms with Gasteiger partial charge in [-0.15, -0.1) is 20.4 Å². The van der Waals surface area contributed by atoms with Crippen LogP contribution in [0.1, 0.15) is 30.7 Å². The summed E-state index contributed by atoms with van der Waals surface area (Å²) in [6, 6.07) is 16.0. The molecule has 1 fully saturated rings. The van der Waals surface area contributed by atoms with Crippen LogP contribution in [0.4, 0.5) is 5.95 Å². The van der Waals surface area contributed by atoms with Crippen molar-refractivity contribution in [1.82, 2.24) is 25.0 Å². The molecule has 0 unspecified atom stereocenters. The molecule has 0 radical (unpaired) electrons. The molecule has 1 aliphatic heterocycles. The molecule has 0 amide bonds. The van der Waals surface area contributed by atoms with Gasteiger partial charge in [-0.1, -0.05) is 29.5 Å². The van der Waals surface area contributed by atoms with E-state index in [4.69, 9.17) is 9.15 Å². The van der Waals surface area contributed by atoms with Crippen molar-refractivity contribution < 1.29 is 9.15 Å². The molecular weight excluding hydrogens is 436 g/mol. The first-order valence-corrected chi connectivity index (χ1v) is 12.1. The number of rotatable bonds is 7. The van der Waals surface area contributed by atoms with Crippen LogP contribution in [0.15, 0.2) is 58.1 Å². The lowest BCUT2D eigenvalue weighted by atomic mass is 10.1. The SMILES string of the molecule is COc1ccc(-c2nnc(CSc3nnc(N4CCCCC4)n3-c3ccc(C)cc3)o2)cc1. The number of aromatic nitrogens is 5. The molecule has 5 rings (SSSR count). The van der Waals surface area contributed by atoms with Crippen LogP contribution in [0.25, 0.3) is 17.1 Å². The Labute approximate surface area is 197 Å². The number of thioether (sulfide) groups is 1. The van der Waals surface area contributed by atoms with Crippen molar-refractivity contribution in [2.24, 2.45) is 0 Å². The van der Waals surface area contributed by atoms with Crippen LogP contribution in [0.3, 0.4) is 0 Å². The number of anilines is 1. The minimum atomic E-state index is 0.488. The molecule has 2 aromatic heterocycles. The van der Waals surface area contributed by atoms with E-state index < -0.39 is 0 Å². The molecule has 170 valence electrons. The maximum absolute atomic E-state index is 5.90. The average molecular weight is 463 g/mol. The first kappa shape index (κ1) is 21.5. The van der Waals surface area contributed by atoms with Crippen molar-refractivity contribution in [3.05, 3.63) is 60.0 Å². The van der Waals surface area contributed by atoms with E-state index in [1.807, 2.05) is 24.3 Å². The number of benzene rings is 2. The van der Waals surface area contributed by atoms with Gasteiger partial charge in [0.1, 0.15) is 5.75 Å². The summed E-state index contributed by atoms with van der Waals surface area (Å²) in [5, 5.41) is 18.3. The predicted octanol–water partition coefficient (Wildman–Crippen LogP) is 4.92. The Bertz CT molecular complexity index is 1200. The fraction of sp³-hybridized carbons (Fsp3) is 0.333. The van der Waals surface area contributed by atoms with Crippen LogP contribution in [0.2, 0.25) is 0 Å². The Morgan fingerprint density at radius 3 is 2.39 bits per heavy atom. The Kier molecular flexibility index (Phi) is 6.30. The van der Waals surface area contributed by atoms with Crippen LogP contribution in [0, 0.1) is 6.92 Å². The third-order valence-electron chi connectivity index (χ3n) is 5.68. The summed E-state index contributed by atoms with van der Waals surface area (Å²) in [7, 11) is 1.64. The molecular formula is C24H26N6O2S. The molecule has 4 aromatic rings. The van der Waals surface area contributed by atoms with Crippen LogP contribution in [-0.4, -0.2) is 45.2 Å². The number of hydrogen-bond acceptors (Lipinski definition) is 8.